The van der Waals surface area contributed by atoms with Crippen LogP contribution in [0, 0.1) is 0 Å². The first-order valence-electron chi connectivity index (χ1n) is 9.15. The van der Waals surface area contributed by atoms with Gasteiger partial charge in [0.05, 0.1) is 10.6 Å². The molecule has 2 amide bonds. The third-order valence-electron chi connectivity index (χ3n) is 3.91. The number of primary amides is 1. The molecule has 0 fully saturated rings. The summed E-state index contributed by atoms with van der Waals surface area (Å²) in [5.74, 6) is -0.114. The van der Waals surface area contributed by atoms with Gasteiger partial charge in [-0.2, -0.15) is 0 Å². The summed E-state index contributed by atoms with van der Waals surface area (Å²) in [6.45, 7) is 4.63. The van der Waals surface area contributed by atoms with E-state index in [0.29, 0.717) is 28.9 Å². The van der Waals surface area contributed by atoms with E-state index in [9.17, 15) is 9.59 Å². The van der Waals surface area contributed by atoms with Crippen LogP contribution >= 0.6 is 28.1 Å². The van der Waals surface area contributed by atoms with Crippen LogP contribution in [-0.4, -0.2) is 34.5 Å². The lowest BCUT2D eigenvalue weighted by Crippen LogP contribution is -2.43. The lowest BCUT2D eigenvalue weighted by Gasteiger charge is -2.25. The van der Waals surface area contributed by atoms with Crippen LogP contribution in [0.5, 0.6) is 5.75 Å². The average molecular weight is 478 g/mol. The van der Waals surface area contributed by atoms with Crippen LogP contribution in [0.3, 0.4) is 0 Å². The standard InChI is InChI=1S/C21H24BrN3O3S/c1-14(2)28-18-9-8-16(12-17(18)22)20(27)24-21(29)25(11-10-19(23)26)13-15-6-4-3-5-7-15/h3-9,12,14H,10-11,13H2,1-2H3,(H2,23,26)(H,24,27,29). The maximum absolute atomic E-state index is 12.7. The van der Waals surface area contributed by atoms with Crippen molar-refractivity contribution in [2.24, 2.45) is 5.73 Å². The molecule has 2 rings (SSSR count). The Hall–Kier alpha value is -2.45. The number of benzene rings is 2. The van der Waals surface area contributed by atoms with E-state index in [-0.39, 0.29) is 23.5 Å². The van der Waals surface area contributed by atoms with Crippen molar-refractivity contribution in [2.45, 2.75) is 32.9 Å². The molecule has 3 N–H and O–H groups in total. The summed E-state index contributed by atoms with van der Waals surface area (Å²) in [6, 6.07) is 14.7. The van der Waals surface area contributed by atoms with Crippen LogP contribution in [0.4, 0.5) is 0 Å². The van der Waals surface area contributed by atoms with E-state index in [0.717, 1.165) is 5.56 Å². The predicted octanol–water partition coefficient (Wildman–Crippen LogP) is 3.63. The van der Waals surface area contributed by atoms with Gasteiger partial charge in [-0.05, 0) is 65.8 Å². The molecule has 2 aromatic carbocycles. The minimum atomic E-state index is -0.429. The molecule has 0 radical (unpaired) electrons. The Balaban J connectivity index is 2.09. The van der Waals surface area contributed by atoms with Gasteiger partial charge < -0.3 is 15.4 Å². The molecule has 0 aromatic heterocycles. The lowest BCUT2D eigenvalue weighted by atomic mass is 10.2. The number of carbonyl (C=O) groups is 2. The summed E-state index contributed by atoms with van der Waals surface area (Å²) >= 11 is 8.85. The molecule has 0 heterocycles. The minimum Gasteiger partial charge on any atom is -0.490 e. The smallest absolute Gasteiger partial charge is 0.257 e. The van der Waals surface area contributed by atoms with E-state index in [1.807, 2.05) is 44.2 Å². The normalized spacial score (nSPS) is 10.5. The molecule has 0 aliphatic heterocycles. The zero-order chi connectivity index (χ0) is 21.4. The van der Waals surface area contributed by atoms with Gasteiger partial charge in [-0.25, -0.2) is 0 Å². The van der Waals surface area contributed by atoms with Crippen molar-refractivity contribution >= 4 is 45.1 Å². The number of rotatable bonds is 8. The molecule has 8 heteroatoms. The first-order chi connectivity index (χ1) is 13.8. The second-order valence-electron chi connectivity index (χ2n) is 6.69. The SMILES string of the molecule is CC(C)Oc1ccc(C(=O)NC(=S)N(CCC(N)=O)Cc2ccccc2)cc1Br. The second kappa shape index (κ2) is 10.9. The maximum atomic E-state index is 12.7. The fourth-order valence-electron chi connectivity index (χ4n) is 2.54. The Bertz CT molecular complexity index is 875. The van der Waals surface area contributed by atoms with E-state index in [2.05, 4.69) is 21.2 Å². The van der Waals surface area contributed by atoms with Gasteiger partial charge in [0, 0.05) is 25.1 Å². The van der Waals surface area contributed by atoms with E-state index < -0.39 is 5.91 Å². The summed E-state index contributed by atoms with van der Waals surface area (Å²) in [5.41, 5.74) is 6.72. The lowest BCUT2D eigenvalue weighted by molar-refractivity contribution is -0.118. The number of ether oxygens (including phenoxy) is 1. The van der Waals surface area contributed by atoms with Gasteiger partial charge >= 0.3 is 0 Å². The third-order valence-corrected chi connectivity index (χ3v) is 4.89. The number of nitrogens with zero attached hydrogens (tertiary/aromatic N) is 1. The number of hydrogen-bond acceptors (Lipinski definition) is 4. The summed E-state index contributed by atoms with van der Waals surface area (Å²) in [4.78, 5) is 25.6. The van der Waals surface area contributed by atoms with Crippen LogP contribution in [-0.2, 0) is 11.3 Å². The summed E-state index contributed by atoms with van der Waals surface area (Å²) in [6.07, 6.45) is 0.158. The molecule has 29 heavy (non-hydrogen) atoms. The number of nitrogens with one attached hydrogen (secondary N) is 1. The predicted molar refractivity (Wildman–Crippen MR) is 121 cm³/mol. The Morgan fingerprint density at radius 2 is 1.90 bits per heavy atom. The number of thiocarbonyl (C=S) groups is 1. The van der Waals surface area contributed by atoms with Crippen LogP contribution in [0.2, 0.25) is 0 Å². The van der Waals surface area contributed by atoms with E-state index in [4.69, 9.17) is 22.7 Å². The fourth-order valence-corrected chi connectivity index (χ4v) is 3.26. The largest absolute Gasteiger partial charge is 0.490 e. The number of nitrogens with two attached hydrogens (primary N) is 1. The molecule has 0 spiro atoms. The summed E-state index contributed by atoms with van der Waals surface area (Å²) in [7, 11) is 0. The maximum Gasteiger partial charge on any atom is 0.257 e. The number of amides is 2. The summed E-state index contributed by atoms with van der Waals surface area (Å²) < 4.78 is 6.34. The second-order valence-corrected chi connectivity index (χ2v) is 7.94. The van der Waals surface area contributed by atoms with Gasteiger partial charge in [-0.15, -0.1) is 0 Å². The zero-order valence-corrected chi connectivity index (χ0v) is 18.8. The van der Waals surface area contributed by atoms with Gasteiger partial charge in [0.2, 0.25) is 5.91 Å². The Morgan fingerprint density at radius 1 is 1.21 bits per heavy atom. The van der Waals surface area contributed by atoms with Crippen molar-refractivity contribution in [2.75, 3.05) is 6.54 Å². The third kappa shape index (κ3) is 7.47. The number of carbonyl (C=O) groups excluding carboxylic acids is 2. The van der Waals surface area contributed by atoms with Crippen molar-refractivity contribution in [3.63, 3.8) is 0 Å². The monoisotopic (exact) mass is 477 g/mol. The highest BCUT2D eigenvalue weighted by molar-refractivity contribution is 9.10. The average Bonchev–Trinajstić information content (AvgIpc) is 2.66. The Morgan fingerprint density at radius 3 is 2.48 bits per heavy atom. The first-order valence-corrected chi connectivity index (χ1v) is 10.3. The molecule has 6 nitrogen and oxygen atoms in total. The molecule has 0 aliphatic carbocycles. The van der Waals surface area contributed by atoms with Gasteiger partial charge in [-0.3, -0.25) is 14.9 Å². The van der Waals surface area contributed by atoms with Crippen molar-refractivity contribution in [3.05, 3.63) is 64.1 Å². The number of hydrogen-bond donors (Lipinski definition) is 2. The van der Waals surface area contributed by atoms with Crippen LogP contribution in [0.1, 0.15) is 36.2 Å². The van der Waals surface area contributed by atoms with Crippen molar-refractivity contribution in [1.82, 2.24) is 10.2 Å². The minimum absolute atomic E-state index is 0.0235. The first kappa shape index (κ1) is 22.8. The van der Waals surface area contributed by atoms with E-state index >= 15 is 0 Å². The van der Waals surface area contributed by atoms with Gasteiger partial charge in [0.15, 0.2) is 5.11 Å². The summed E-state index contributed by atoms with van der Waals surface area (Å²) in [5, 5.41) is 2.97. The highest BCUT2D eigenvalue weighted by Crippen LogP contribution is 2.27. The Kier molecular flexibility index (Phi) is 8.60. The molecule has 0 bridgehead atoms. The zero-order valence-electron chi connectivity index (χ0n) is 16.4. The van der Waals surface area contributed by atoms with Gasteiger partial charge in [0.1, 0.15) is 5.75 Å². The quantitative estimate of drug-likeness (QED) is 0.567. The molecule has 0 saturated heterocycles. The highest BCUT2D eigenvalue weighted by Gasteiger charge is 2.16. The fraction of sp³-hybridized carbons (Fsp3) is 0.286. The van der Waals surface area contributed by atoms with E-state index in [1.54, 1.807) is 23.1 Å². The van der Waals surface area contributed by atoms with Gasteiger partial charge in [-0.1, -0.05) is 30.3 Å². The molecule has 154 valence electrons. The van der Waals surface area contributed by atoms with Crippen LogP contribution < -0.4 is 15.8 Å². The molecule has 0 saturated carbocycles. The Labute approximate surface area is 184 Å². The van der Waals surface area contributed by atoms with E-state index in [1.165, 1.54) is 0 Å². The van der Waals surface area contributed by atoms with Crippen LogP contribution in [0.15, 0.2) is 53.0 Å². The highest BCUT2D eigenvalue weighted by atomic mass is 79.9. The molecule has 0 aliphatic rings. The molecule has 0 atom stereocenters. The van der Waals surface area contributed by atoms with Crippen LogP contribution in [0.25, 0.3) is 0 Å². The molecular weight excluding hydrogens is 454 g/mol. The topological polar surface area (TPSA) is 84.7 Å². The number of halogens is 1. The molecule has 2 aromatic rings. The van der Waals surface area contributed by atoms with Crippen molar-refractivity contribution in [1.29, 1.82) is 0 Å². The van der Waals surface area contributed by atoms with Crippen molar-refractivity contribution < 1.29 is 14.3 Å². The molecular formula is C21H24BrN3O3S. The molecule has 0 unspecified atom stereocenters. The van der Waals surface area contributed by atoms with Crippen molar-refractivity contribution in [3.8, 4) is 5.75 Å². The van der Waals surface area contributed by atoms with Gasteiger partial charge in [0.25, 0.3) is 5.91 Å².